The molecule has 0 saturated carbocycles. The average Bonchev–Trinajstić information content (AvgIpc) is 1.33. The highest BCUT2D eigenvalue weighted by molar-refractivity contribution is 14.1. The number of carbonyl (C=O) groups is 2. The molecule has 0 radical (unpaired) electrons. The quantitative estimate of drug-likeness (QED) is 0.329. The summed E-state index contributed by atoms with van der Waals surface area (Å²) in [5.41, 5.74) is 8.50. The molecule has 2 amide bonds. The Labute approximate surface area is 54.4 Å². The fourth-order valence-electron chi connectivity index (χ4n) is 0. The molecule has 5 heteroatoms. The molecule has 0 aliphatic heterocycles. The van der Waals surface area contributed by atoms with Crippen LogP contribution in [0.1, 0.15) is 0 Å². The smallest absolute Gasteiger partial charge is 0.309 e. The fourth-order valence-corrected chi connectivity index (χ4v) is 0. The van der Waals surface area contributed by atoms with Gasteiger partial charge in [0.1, 0.15) is 0 Å². The molecule has 0 rings (SSSR count). The Morgan fingerprint density at radius 1 is 1.57 bits per heavy atom. The molecule has 0 unspecified atom stereocenters. The van der Waals surface area contributed by atoms with E-state index in [-0.39, 0.29) is 0 Å². The van der Waals surface area contributed by atoms with Gasteiger partial charge in [0.2, 0.25) is 0 Å². The number of hydrogen-bond acceptors (Lipinski definition) is 2. The van der Waals surface area contributed by atoms with Gasteiger partial charge >= 0.3 is 6.03 Å². The molecule has 0 bridgehead atoms. The van der Waals surface area contributed by atoms with E-state index in [1.54, 1.807) is 22.6 Å². The Morgan fingerprint density at radius 2 is 1.57 bits per heavy atom. The van der Waals surface area contributed by atoms with Crippen molar-refractivity contribution in [2.75, 3.05) is 0 Å². The number of urea groups is 1. The van der Waals surface area contributed by atoms with Crippen LogP contribution < -0.4 is 11.5 Å². The first-order chi connectivity index (χ1) is 3.15. The van der Waals surface area contributed by atoms with Crippen molar-refractivity contribution in [2.24, 2.45) is 11.5 Å². The van der Waals surface area contributed by atoms with E-state index in [0.717, 1.165) is 4.29 Å². The minimum atomic E-state index is -0.833. The fraction of sp³-hybridized carbons (Fsp3) is 0. The molecule has 0 aromatic carbocycles. The maximum Gasteiger partial charge on any atom is 0.309 e. The zero-order chi connectivity index (χ0) is 6.28. The van der Waals surface area contributed by atoms with Gasteiger partial charge < -0.3 is 11.5 Å². The second-order valence-electron chi connectivity index (χ2n) is 0.491. The van der Waals surface area contributed by atoms with E-state index in [0.29, 0.717) is 0 Å². The lowest BCUT2D eigenvalue weighted by Gasteiger charge is -1.62. The van der Waals surface area contributed by atoms with Crippen molar-refractivity contribution >= 4 is 32.9 Å². The molecule has 0 atom stereocenters. The van der Waals surface area contributed by atoms with E-state index < -0.39 is 6.03 Å². The minimum Gasteiger partial charge on any atom is -0.352 e. The zero-order valence-electron chi connectivity index (χ0n) is 3.43. The average molecular weight is 216 g/mol. The highest BCUT2D eigenvalue weighted by atomic mass is 127. The van der Waals surface area contributed by atoms with Gasteiger partial charge in [-0.2, -0.15) is 0 Å². The van der Waals surface area contributed by atoms with E-state index in [1.807, 2.05) is 0 Å². The molecule has 0 saturated heterocycles. The van der Waals surface area contributed by atoms with E-state index >= 15 is 0 Å². The number of nitrogens with two attached hydrogens (primary N) is 2. The highest BCUT2D eigenvalue weighted by Crippen LogP contribution is 1.54. The van der Waals surface area contributed by atoms with Gasteiger partial charge in [0.05, 0.1) is 0 Å². The molecule has 0 aromatic rings. The van der Waals surface area contributed by atoms with Crippen LogP contribution in [0, 0.1) is 0 Å². The van der Waals surface area contributed by atoms with Gasteiger partial charge in [-0.25, -0.2) is 4.79 Å². The summed E-state index contributed by atoms with van der Waals surface area (Å²) in [6.07, 6.45) is 0. The van der Waals surface area contributed by atoms with Gasteiger partial charge in [-0.3, -0.25) is 4.79 Å². The minimum absolute atomic E-state index is 0.720. The van der Waals surface area contributed by atoms with Crippen LogP contribution in [0.25, 0.3) is 0 Å². The zero-order valence-corrected chi connectivity index (χ0v) is 5.58. The number of hydrogen-bond donors (Lipinski definition) is 2. The van der Waals surface area contributed by atoms with Crippen molar-refractivity contribution in [1.29, 1.82) is 0 Å². The third-order valence-corrected chi connectivity index (χ3v) is 0. The van der Waals surface area contributed by atoms with E-state index in [4.69, 9.17) is 9.59 Å². The summed E-state index contributed by atoms with van der Waals surface area (Å²) in [5, 5.41) is 0. The summed E-state index contributed by atoms with van der Waals surface area (Å²) in [6, 6.07) is -0.833. The lowest BCUT2D eigenvalue weighted by molar-refractivity contribution is 0.256. The molecule has 0 spiro atoms. The molecular weight excluding hydrogens is 211 g/mol. The van der Waals surface area contributed by atoms with Crippen molar-refractivity contribution < 1.29 is 9.59 Å². The molecule has 4 nitrogen and oxygen atoms in total. The first-order valence-electron chi connectivity index (χ1n) is 1.24. The van der Waals surface area contributed by atoms with Gasteiger partial charge in [0, 0.05) is 0 Å². The third-order valence-electron chi connectivity index (χ3n) is 0. The molecule has 7 heavy (non-hydrogen) atoms. The van der Waals surface area contributed by atoms with Crippen LogP contribution in [0.3, 0.4) is 0 Å². The van der Waals surface area contributed by atoms with Gasteiger partial charge in [-0.1, -0.05) is 0 Å². The van der Waals surface area contributed by atoms with Crippen LogP contribution in [0.2, 0.25) is 0 Å². The molecule has 0 heterocycles. The Kier molecular flexibility index (Phi) is 12.9. The summed E-state index contributed by atoms with van der Waals surface area (Å²) in [7, 11) is 0. The molecular formula is C2H5IN2O2. The van der Waals surface area contributed by atoms with Crippen molar-refractivity contribution in [3.63, 3.8) is 0 Å². The van der Waals surface area contributed by atoms with E-state index in [2.05, 4.69) is 11.5 Å². The Morgan fingerprint density at radius 3 is 1.57 bits per heavy atom. The number of primary amides is 2. The van der Waals surface area contributed by atoms with Crippen molar-refractivity contribution in [3.8, 4) is 0 Å². The molecule has 0 aliphatic rings. The number of rotatable bonds is 0. The predicted molar refractivity (Wildman–Crippen MR) is 34.5 cm³/mol. The molecule has 0 fully saturated rings. The van der Waals surface area contributed by atoms with Crippen LogP contribution in [-0.4, -0.2) is 10.3 Å². The lowest BCUT2D eigenvalue weighted by Crippen LogP contribution is -2.18. The molecule has 4 N–H and O–H groups in total. The number of carbonyl (C=O) groups excluding carboxylic acids is 2. The van der Waals surface area contributed by atoms with Crippen LogP contribution in [0.5, 0.6) is 0 Å². The largest absolute Gasteiger partial charge is 0.352 e. The van der Waals surface area contributed by atoms with Crippen molar-refractivity contribution in [2.45, 2.75) is 0 Å². The van der Waals surface area contributed by atoms with Crippen LogP contribution in [0.4, 0.5) is 4.79 Å². The Balaban J connectivity index is 0. The number of halogens is 1. The highest BCUT2D eigenvalue weighted by Gasteiger charge is 1.60. The maximum atomic E-state index is 9.00. The second-order valence-corrected chi connectivity index (χ2v) is 1.000. The standard InChI is InChI=1S/CHIO.CH4N2O/c2-1-3;2-1(3)4/h1H;(H4,2,3,4). The summed E-state index contributed by atoms with van der Waals surface area (Å²) in [5.74, 6) is 0. The van der Waals surface area contributed by atoms with Crippen molar-refractivity contribution in [1.82, 2.24) is 0 Å². The number of amides is 2. The third kappa shape index (κ3) is 701. The van der Waals surface area contributed by atoms with Gasteiger partial charge in [0.25, 0.3) is 0 Å². The van der Waals surface area contributed by atoms with Gasteiger partial charge in [-0.05, 0) is 22.6 Å². The SMILES string of the molecule is NC(N)=O.O=CI. The Bertz CT molecular complexity index is 60.7. The molecule has 0 aliphatic carbocycles. The summed E-state index contributed by atoms with van der Waals surface area (Å²) in [4.78, 5) is 17.8. The van der Waals surface area contributed by atoms with E-state index in [1.165, 1.54) is 0 Å². The second kappa shape index (κ2) is 9.18. The monoisotopic (exact) mass is 216 g/mol. The Hall–Kier alpha value is -0.330. The normalized spacial score (nSPS) is 5.29. The first kappa shape index (κ1) is 9.83. The topological polar surface area (TPSA) is 86.2 Å². The van der Waals surface area contributed by atoms with Crippen LogP contribution in [-0.2, 0) is 4.79 Å². The molecule has 0 aromatic heterocycles. The summed E-state index contributed by atoms with van der Waals surface area (Å²) < 4.78 is 0.720. The molecule has 42 valence electrons. The summed E-state index contributed by atoms with van der Waals surface area (Å²) >= 11 is 1.61. The van der Waals surface area contributed by atoms with Crippen LogP contribution in [0.15, 0.2) is 0 Å². The van der Waals surface area contributed by atoms with Gasteiger partial charge in [-0.15, -0.1) is 0 Å². The predicted octanol–water partition coefficient (Wildman–Crippen LogP) is -0.365. The first-order valence-corrected chi connectivity index (χ1v) is 2.48. The summed E-state index contributed by atoms with van der Waals surface area (Å²) in [6.45, 7) is 0. The van der Waals surface area contributed by atoms with E-state index in [9.17, 15) is 0 Å². The van der Waals surface area contributed by atoms with Crippen molar-refractivity contribution in [3.05, 3.63) is 0 Å². The van der Waals surface area contributed by atoms with Gasteiger partial charge in [0.15, 0.2) is 4.29 Å². The lowest BCUT2D eigenvalue weighted by atomic mass is 11.2. The van der Waals surface area contributed by atoms with Crippen LogP contribution >= 0.6 is 22.6 Å². The maximum absolute atomic E-state index is 9.00.